The zero-order chi connectivity index (χ0) is 24.4. The number of amides is 1. The molecular weight excluding hydrogens is 466 g/mol. The van der Waals surface area contributed by atoms with Gasteiger partial charge < -0.3 is 19.5 Å². The summed E-state index contributed by atoms with van der Waals surface area (Å²) >= 11 is 1.22. The average molecular weight is 490 g/mol. The van der Waals surface area contributed by atoms with Gasteiger partial charge in [0.05, 0.1) is 29.0 Å². The molecule has 1 aliphatic rings. The SMILES string of the molecule is COc1ccccc1-n1c(SC(C)C(=O)NCc2ccc3c(c2)OCO3)nc2ccccc2c1=O. The van der Waals surface area contributed by atoms with Gasteiger partial charge >= 0.3 is 0 Å². The van der Waals surface area contributed by atoms with Crippen LogP contribution in [-0.4, -0.2) is 34.6 Å². The highest BCUT2D eigenvalue weighted by atomic mass is 32.2. The molecule has 1 aliphatic heterocycles. The van der Waals surface area contributed by atoms with Crippen LogP contribution in [0.5, 0.6) is 17.2 Å². The molecule has 1 aromatic heterocycles. The van der Waals surface area contributed by atoms with Gasteiger partial charge in [0.15, 0.2) is 16.7 Å². The number of para-hydroxylation sites is 3. The Hall–Kier alpha value is -3.98. The molecule has 0 saturated carbocycles. The number of benzene rings is 3. The number of carbonyl (C=O) groups excluding carboxylic acids is 1. The maximum absolute atomic E-state index is 13.5. The smallest absolute Gasteiger partial charge is 0.266 e. The van der Waals surface area contributed by atoms with E-state index in [1.807, 2.05) is 36.4 Å². The third-order valence-electron chi connectivity index (χ3n) is 5.63. The van der Waals surface area contributed by atoms with Crippen molar-refractivity contribution in [2.45, 2.75) is 23.9 Å². The molecule has 0 radical (unpaired) electrons. The van der Waals surface area contributed by atoms with Crippen LogP contribution in [0.15, 0.2) is 76.7 Å². The van der Waals surface area contributed by atoms with Gasteiger partial charge in [0.1, 0.15) is 5.75 Å². The minimum atomic E-state index is -0.516. The molecule has 1 atom stereocenters. The Morgan fingerprint density at radius 2 is 1.89 bits per heavy atom. The fraction of sp³-hybridized carbons (Fsp3) is 0.192. The van der Waals surface area contributed by atoms with Gasteiger partial charge in [0.25, 0.3) is 5.56 Å². The molecule has 4 aromatic rings. The average Bonchev–Trinajstić information content (AvgIpc) is 3.35. The van der Waals surface area contributed by atoms with E-state index < -0.39 is 5.25 Å². The van der Waals surface area contributed by atoms with Crippen molar-refractivity contribution in [3.05, 3.63) is 82.6 Å². The van der Waals surface area contributed by atoms with Crippen molar-refractivity contribution in [1.82, 2.24) is 14.9 Å². The monoisotopic (exact) mass is 489 g/mol. The van der Waals surface area contributed by atoms with E-state index in [1.165, 1.54) is 16.3 Å². The van der Waals surface area contributed by atoms with E-state index in [-0.39, 0.29) is 18.3 Å². The van der Waals surface area contributed by atoms with E-state index in [0.29, 0.717) is 45.5 Å². The molecule has 5 rings (SSSR count). The third kappa shape index (κ3) is 4.54. The van der Waals surface area contributed by atoms with E-state index in [4.69, 9.17) is 19.2 Å². The van der Waals surface area contributed by atoms with Gasteiger partial charge in [-0.1, -0.05) is 42.1 Å². The molecule has 0 fully saturated rings. The number of ether oxygens (including phenoxy) is 3. The van der Waals surface area contributed by atoms with Crippen molar-refractivity contribution in [3.8, 4) is 22.9 Å². The summed E-state index contributed by atoms with van der Waals surface area (Å²) in [6.07, 6.45) is 0. The highest BCUT2D eigenvalue weighted by molar-refractivity contribution is 8.00. The van der Waals surface area contributed by atoms with Crippen molar-refractivity contribution < 1.29 is 19.0 Å². The number of carbonyl (C=O) groups is 1. The number of nitrogens with one attached hydrogen (secondary N) is 1. The van der Waals surface area contributed by atoms with Crippen LogP contribution in [0.4, 0.5) is 0 Å². The van der Waals surface area contributed by atoms with Crippen molar-refractivity contribution >= 4 is 28.6 Å². The van der Waals surface area contributed by atoms with E-state index in [2.05, 4.69) is 5.32 Å². The van der Waals surface area contributed by atoms with Gasteiger partial charge in [-0.25, -0.2) is 4.98 Å². The van der Waals surface area contributed by atoms with E-state index >= 15 is 0 Å². The molecule has 3 aromatic carbocycles. The Morgan fingerprint density at radius 1 is 1.11 bits per heavy atom. The summed E-state index contributed by atoms with van der Waals surface area (Å²) in [5.41, 5.74) is 1.80. The van der Waals surface area contributed by atoms with Crippen LogP contribution in [0.25, 0.3) is 16.6 Å². The van der Waals surface area contributed by atoms with Gasteiger partial charge in [-0.15, -0.1) is 0 Å². The van der Waals surface area contributed by atoms with Gasteiger partial charge in [-0.3, -0.25) is 14.2 Å². The Bertz CT molecular complexity index is 1470. The van der Waals surface area contributed by atoms with Crippen LogP contribution in [0.3, 0.4) is 0 Å². The molecule has 9 heteroatoms. The Morgan fingerprint density at radius 3 is 2.74 bits per heavy atom. The lowest BCUT2D eigenvalue weighted by molar-refractivity contribution is -0.120. The molecule has 0 saturated heterocycles. The molecule has 0 spiro atoms. The zero-order valence-electron chi connectivity index (χ0n) is 19.2. The first-order chi connectivity index (χ1) is 17.0. The minimum Gasteiger partial charge on any atom is -0.495 e. The summed E-state index contributed by atoms with van der Waals surface area (Å²) in [5.74, 6) is 1.72. The number of nitrogens with zero attached hydrogens (tertiary/aromatic N) is 2. The highest BCUT2D eigenvalue weighted by Crippen LogP contribution is 2.33. The summed E-state index contributed by atoms with van der Waals surface area (Å²) in [5, 5.41) is 3.33. The molecule has 0 bridgehead atoms. The normalized spacial score (nSPS) is 13.0. The number of methoxy groups -OCH3 is 1. The molecule has 0 aliphatic carbocycles. The first kappa shape index (κ1) is 22.8. The summed E-state index contributed by atoms with van der Waals surface area (Å²) in [4.78, 5) is 31.2. The quantitative estimate of drug-likeness (QED) is 0.311. The first-order valence-corrected chi connectivity index (χ1v) is 11.9. The number of rotatable bonds is 7. The maximum atomic E-state index is 13.5. The minimum absolute atomic E-state index is 0.179. The fourth-order valence-electron chi connectivity index (χ4n) is 3.81. The van der Waals surface area contributed by atoms with Crippen LogP contribution in [0.2, 0.25) is 0 Å². The van der Waals surface area contributed by atoms with Gasteiger partial charge in [0, 0.05) is 6.54 Å². The molecule has 178 valence electrons. The number of fused-ring (bicyclic) bond motifs is 2. The van der Waals surface area contributed by atoms with Crippen molar-refractivity contribution in [1.29, 1.82) is 0 Å². The second-order valence-electron chi connectivity index (χ2n) is 7.89. The van der Waals surface area contributed by atoms with E-state index in [1.54, 1.807) is 44.4 Å². The largest absolute Gasteiger partial charge is 0.495 e. The summed E-state index contributed by atoms with van der Waals surface area (Å²) in [6.45, 7) is 2.32. The summed E-state index contributed by atoms with van der Waals surface area (Å²) < 4.78 is 17.7. The first-order valence-electron chi connectivity index (χ1n) is 11.0. The third-order valence-corrected chi connectivity index (χ3v) is 6.68. The zero-order valence-corrected chi connectivity index (χ0v) is 20.0. The lowest BCUT2D eigenvalue weighted by Gasteiger charge is -2.18. The van der Waals surface area contributed by atoms with Crippen LogP contribution < -0.4 is 25.1 Å². The van der Waals surface area contributed by atoms with Crippen molar-refractivity contribution in [2.24, 2.45) is 0 Å². The number of hydrogen-bond acceptors (Lipinski definition) is 7. The molecule has 2 heterocycles. The van der Waals surface area contributed by atoms with Crippen molar-refractivity contribution in [3.63, 3.8) is 0 Å². The highest BCUT2D eigenvalue weighted by Gasteiger charge is 2.22. The van der Waals surface area contributed by atoms with Gasteiger partial charge in [-0.05, 0) is 48.9 Å². The molecule has 35 heavy (non-hydrogen) atoms. The number of thioether (sulfide) groups is 1. The Balaban J connectivity index is 1.42. The predicted octanol–water partition coefficient (Wildman–Crippen LogP) is 3.92. The Kier molecular flexibility index (Phi) is 6.33. The lowest BCUT2D eigenvalue weighted by atomic mass is 10.2. The molecule has 1 N–H and O–H groups in total. The second kappa shape index (κ2) is 9.71. The number of hydrogen-bond donors (Lipinski definition) is 1. The molecule has 1 unspecified atom stereocenters. The Labute approximate surface area is 205 Å². The molecule has 8 nitrogen and oxygen atoms in total. The predicted molar refractivity (Wildman–Crippen MR) is 134 cm³/mol. The fourth-order valence-corrected chi connectivity index (χ4v) is 4.76. The standard InChI is InChI=1S/C26H23N3O5S/c1-16(24(30)27-14-17-11-12-22-23(13-17)34-15-33-22)35-26-28-19-8-4-3-7-18(19)25(31)29(26)20-9-5-6-10-21(20)32-2/h3-13,16H,14-15H2,1-2H3,(H,27,30). The van der Waals surface area contributed by atoms with E-state index in [9.17, 15) is 9.59 Å². The molecule has 1 amide bonds. The van der Waals surface area contributed by atoms with Crippen LogP contribution >= 0.6 is 11.8 Å². The summed E-state index contributed by atoms with van der Waals surface area (Å²) in [7, 11) is 1.55. The van der Waals surface area contributed by atoms with E-state index in [0.717, 1.165) is 5.56 Å². The lowest BCUT2D eigenvalue weighted by Crippen LogP contribution is -2.31. The summed E-state index contributed by atoms with van der Waals surface area (Å²) in [6, 6.07) is 20.0. The maximum Gasteiger partial charge on any atom is 0.266 e. The van der Waals surface area contributed by atoms with Gasteiger partial charge in [-0.2, -0.15) is 0 Å². The van der Waals surface area contributed by atoms with Crippen molar-refractivity contribution in [2.75, 3.05) is 13.9 Å². The van der Waals surface area contributed by atoms with Crippen LogP contribution in [0.1, 0.15) is 12.5 Å². The number of aromatic nitrogens is 2. The van der Waals surface area contributed by atoms with Crippen LogP contribution in [-0.2, 0) is 11.3 Å². The van der Waals surface area contributed by atoms with Gasteiger partial charge in [0.2, 0.25) is 12.7 Å². The van der Waals surface area contributed by atoms with Crippen LogP contribution in [0, 0.1) is 0 Å². The molecular formula is C26H23N3O5S. The topological polar surface area (TPSA) is 91.7 Å². The second-order valence-corrected chi connectivity index (χ2v) is 9.20.